The zero-order valence-corrected chi connectivity index (χ0v) is 23.1. The normalized spacial score (nSPS) is 17.6. The highest BCUT2D eigenvalue weighted by atomic mass is 35.5. The van der Waals surface area contributed by atoms with Gasteiger partial charge in [-0.05, 0) is 45.0 Å². The number of amides is 2. The predicted molar refractivity (Wildman–Crippen MR) is 151 cm³/mol. The molecule has 11 heteroatoms. The summed E-state index contributed by atoms with van der Waals surface area (Å²) in [6.45, 7) is 8.65. The highest BCUT2D eigenvalue weighted by Gasteiger charge is 2.32. The lowest BCUT2D eigenvalue weighted by Gasteiger charge is -2.23. The van der Waals surface area contributed by atoms with Gasteiger partial charge in [0.15, 0.2) is 0 Å². The van der Waals surface area contributed by atoms with E-state index in [-0.39, 0.29) is 31.0 Å². The van der Waals surface area contributed by atoms with E-state index in [1.165, 1.54) is 16.2 Å². The largest absolute Gasteiger partial charge is 0.394 e. The lowest BCUT2D eigenvalue weighted by molar-refractivity contribution is -0.122. The number of halogens is 1. The maximum atomic E-state index is 13.1. The first-order chi connectivity index (χ1) is 18.3. The van der Waals surface area contributed by atoms with Crippen molar-refractivity contribution in [2.24, 2.45) is 9.98 Å². The number of aliphatic hydroxyl groups excluding tert-OH is 1. The summed E-state index contributed by atoms with van der Waals surface area (Å²) in [5, 5.41) is 16.4. The fourth-order valence-corrected chi connectivity index (χ4v) is 5.88. The maximum Gasteiger partial charge on any atom is 0.255 e. The van der Waals surface area contributed by atoms with Crippen molar-refractivity contribution in [2.75, 3.05) is 26.4 Å². The number of ether oxygens (including phenoxy) is 1. The number of rotatable bonds is 8. The maximum absolute atomic E-state index is 13.1. The van der Waals surface area contributed by atoms with Crippen LogP contribution in [0.2, 0.25) is 0 Å². The number of hydrogen-bond donors (Lipinski definition) is 3. The fourth-order valence-electron chi connectivity index (χ4n) is 4.47. The molecule has 1 aromatic heterocycles. The topological polar surface area (TPSA) is 116 Å². The Morgan fingerprint density at radius 1 is 1.34 bits per heavy atom. The second-order valence-corrected chi connectivity index (χ2v) is 11.0. The van der Waals surface area contributed by atoms with Crippen molar-refractivity contribution < 1.29 is 19.4 Å². The van der Waals surface area contributed by atoms with E-state index in [4.69, 9.17) is 16.3 Å². The van der Waals surface area contributed by atoms with Gasteiger partial charge in [-0.25, -0.2) is 9.98 Å². The number of guanidine groups is 1. The van der Waals surface area contributed by atoms with Gasteiger partial charge in [0.05, 0.1) is 35.3 Å². The number of allylic oxidation sites excluding steroid dienone is 1. The fraction of sp³-hybridized carbons (Fsp3) is 0.407. The van der Waals surface area contributed by atoms with Gasteiger partial charge in [0.25, 0.3) is 5.91 Å². The number of benzene rings is 1. The van der Waals surface area contributed by atoms with E-state index in [9.17, 15) is 14.7 Å². The Labute approximate surface area is 231 Å². The molecule has 0 bridgehead atoms. The molecule has 2 amide bonds. The van der Waals surface area contributed by atoms with Crippen molar-refractivity contribution in [1.82, 2.24) is 15.5 Å². The molecular formula is C27H32ClN5O4S. The van der Waals surface area contributed by atoms with E-state index < -0.39 is 6.04 Å². The molecule has 3 heterocycles. The Hall–Kier alpha value is -3.05. The van der Waals surface area contributed by atoms with Crippen LogP contribution >= 0.6 is 22.9 Å². The van der Waals surface area contributed by atoms with Crippen molar-refractivity contribution in [3.8, 4) is 0 Å². The summed E-state index contributed by atoms with van der Waals surface area (Å²) < 4.78 is 5.40. The number of carbonyl (C=O) groups excluding carboxylic acids is 2. The van der Waals surface area contributed by atoms with Crippen LogP contribution in [-0.4, -0.2) is 66.9 Å². The van der Waals surface area contributed by atoms with Crippen molar-refractivity contribution in [3.05, 3.63) is 61.8 Å². The minimum absolute atomic E-state index is 0.104. The molecule has 9 nitrogen and oxygen atoms in total. The van der Waals surface area contributed by atoms with E-state index in [0.29, 0.717) is 42.0 Å². The number of aliphatic imine (C=N–C) groups is 2. The summed E-state index contributed by atoms with van der Waals surface area (Å²) in [7, 11) is 0. The molecule has 1 aromatic carbocycles. The summed E-state index contributed by atoms with van der Waals surface area (Å²) in [4.78, 5) is 37.6. The zero-order valence-electron chi connectivity index (χ0n) is 21.5. The van der Waals surface area contributed by atoms with Crippen LogP contribution < -0.4 is 10.6 Å². The van der Waals surface area contributed by atoms with Crippen LogP contribution in [0.3, 0.4) is 0 Å². The molecule has 3 N–H and O–H groups in total. The monoisotopic (exact) mass is 557 g/mol. The molecule has 2 aromatic rings. The second kappa shape index (κ2) is 12.7. The van der Waals surface area contributed by atoms with E-state index in [1.807, 2.05) is 31.2 Å². The lowest BCUT2D eigenvalue weighted by atomic mass is 10.1. The number of aliphatic hydroxyl groups is 1. The van der Waals surface area contributed by atoms with Gasteiger partial charge >= 0.3 is 0 Å². The van der Waals surface area contributed by atoms with Gasteiger partial charge in [-0.15, -0.1) is 11.3 Å². The number of carbonyl (C=O) groups is 2. The van der Waals surface area contributed by atoms with Gasteiger partial charge in [-0.3, -0.25) is 9.59 Å². The first kappa shape index (κ1) is 28.0. The van der Waals surface area contributed by atoms with Crippen LogP contribution in [0.25, 0.3) is 5.70 Å². The van der Waals surface area contributed by atoms with E-state index in [1.54, 1.807) is 13.0 Å². The molecule has 2 aliphatic heterocycles. The molecule has 1 saturated heterocycles. The Morgan fingerprint density at radius 3 is 2.74 bits per heavy atom. The van der Waals surface area contributed by atoms with E-state index in [0.717, 1.165) is 33.7 Å². The van der Waals surface area contributed by atoms with Crippen LogP contribution in [0.1, 0.15) is 57.0 Å². The summed E-state index contributed by atoms with van der Waals surface area (Å²) in [6, 6.07) is 9.01. The zero-order chi connectivity index (χ0) is 27.2. The quantitative estimate of drug-likeness (QED) is 0.339. The molecule has 38 heavy (non-hydrogen) atoms. The molecule has 2 aliphatic rings. The Bertz CT molecular complexity index is 1260. The third kappa shape index (κ3) is 6.68. The van der Waals surface area contributed by atoms with Gasteiger partial charge in [0.1, 0.15) is 6.54 Å². The smallest absolute Gasteiger partial charge is 0.255 e. The number of aryl methyl sites for hydroxylation is 1. The van der Waals surface area contributed by atoms with Crippen LogP contribution in [0.15, 0.2) is 45.3 Å². The van der Waals surface area contributed by atoms with Gasteiger partial charge < -0.3 is 25.4 Å². The molecule has 202 valence electrons. The molecule has 1 atom stereocenters. The molecule has 0 saturated carbocycles. The van der Waals surface area contributed by atoms with Crippen LogP contribution in [0.4, 0.5) is 0 Å². The highest BCUT2D eigenvalue weighted by molar-refractivity contribution is 7.13. The lowest BCUT2D eigenvalue weighted by Crippen LogP contribution is -2.40. The van der Waals surface area contributed by atoms with Crippen LogP contribution in [0.5, 0.6) is 0 Å². The molecule has 0 aliphatic carbocycles. The SMILES string of the molecule is C=N/C(=N\C(=C(/C)Cl)c1cc2c(s1)CN(CC(=O)N[C@H](CO)c1cccc(C)c1)C2=O)NC1CCOCC1. The summed E-state index contributed by atoms with van der Waals surface area (Å²) in [5.41, 5.74) is 2.90. The number of fused-ring (bicyclic) bond motifs is 1. The van der Waals surface area contributed by atoms with Crippen molar-refractivity contribution >= 4 is 53.1 Å². The molecule has 0 unspecified atom stereocenters. The van der Waals surface area contributed by atoms with Crippen LogP contribution in [0, 0.1) is 6.92 Å². The summed E-state index contributed by atoms with van der Waals surface area (Å²) in [6.07, 6.45) is 1.70. The number of nitrogens with one attached hydrogen (secondary N) is 2. The first-order valence-corrected chi connectivity index (χ1v) is 13.6. The third-order valence-corrected chi connectivity index (χ3v) is 7.75. The van der Waals surface area contributed by atoms with E-state index in [2.05, 4.69) is 27.3 Å². The standard InChI is InChI=1S/C27H32ClN5O4S/c1-16-5-4-6-18(11-16)21(15-34)31-24(35)14-33-13-23-20(26(33)36)12-22(38-23)25(17(2)28)32-27(29-3)30-19-7-9-37-10-8-19/h4-6,11-12,19,21,34H,3,7-10,13-15H2,1-2H3,(H,30,32)(H,31,35)/b25-17+/t21-/m1/s1. The summed E-state index contributed by atoms with van der Waals surface area (Å²) >= 11 is 7.82. The average molecular weight is 558 g/mol. The Balaban J connectivity index is 1.43. The Kier molecular flexibility index (Phi) is 9.32. The van der Waals surface area contributed by atoms with Gasteiger partial charge in [-0.2, -0.15) is 0 Å². The minimum Gasteiger partial charge on any atom is -0.394 e. The van der Waals surface area contributed by atoms with Crippen molar-refractivity contribution in [2.45, 2.75) is 45.3 Å². The van der Waals surface area contributed by atoms with Gasteiger partial charge in [0, 0.05) is 29.2 Å². The first-order valence-electron chi connectivity index (χ1n) is 12.4. The molecular weight excluding hydrogens is 526 g/mol. The molecule has 1 fully saturated rings. The molecule has 4 rings (SSSR count). The molecule has 0 radical (unpaired) electrons. The number of hydrogen-bond acceptors (Lipinski definition) is 6. The highest BCUT2D eigenvalue weighted by Crippen LogP contribution is 2.36. The van der Waals surface area contributed by atoms with Gasteiger partial charge in [-0.1, -0.05) is 41.4 Å². The summed E-state index contributed by atoms with van der Waals surface area (Å²) in [5.74, 6) is -0.194. The number of thiophene rings is 1. The van der Waals surface area contributed by atoms with Crippen molar-refractivity contribution in [3.63, 3.8) is 0 Å². The van der Waals surface area contributed by atoms with Crippen molar-refractivity contribution in [1.29, 1.82) is 0 Å². The minimum atomic E-state index is -0.541. The number of nitrogens with zero attached hydrogens (tertiary/aromatic N) is 3. The van der Waals surface area contributed by atoms with E-state index >= 15 is 0 Å². The predicted octanol–water partition coefficient (Wildman–Crippen LogP) is 3.61. The average Bonchev–Trinajstić information content (AvgIpc) is 3.44. The van der Waals surface area contributed by atoms with Gasteiger partial charge in [0.2, 0.25) is 11.9 Å². The Morgan fingerprint density at radius 2 is 2.11 bits per heavy atom. The molecule has 0 spiro atoms. The second-order valence-electron chi connectivity index (χ2n) is 9.33. The third-order valence-electron chi connectivity index (χ3n) is 6.44. The van der Waals surface area contributed by atoms with Crippen LogP contribution in [-0.2, 0) is 16.1 Å².